The zero-order valence-corrected chi connectivity index (χ0v) is 15.3. The molecule has 2 aromatic carbocycles. The number of alkyl halides is 3. The van der Waals surface area contributed by atoms with Crippen LogP contribution in [0.15, 0.2) is 30.3 Å². The molecule has 0 spiro atoms. The largest absolute Gasteiger partial charge is 0.495 e. The van der Waals surface area contributed by atoms with Crippen molar-refractivity contribution in [3.8, 4) is 11.5 Å². The average Bonchev–Trinajstić information content (AvgIpc) is 2.55. The molecule has 0 fully saturated rings. The number of hydrogen-bond donors (Lipinski definition) is 3. The number of anilines is 3. The molecule has 0 amide bonds. The van der Waals surface area contributed by atoms with Crippen LogP contribution in [0.2, 0.25) is 5.02 Å². The van der Waals surface area contributed by atoms with E-state index in [1.54, 1.807) is 0 Å². The quantitative estimate of drug-likeness (QED) is 0.503. The van der Waals surface area contributed by atoms with Gasteiger partial charge in [-0.15, -0.1) is 0 Å². The summed E-state index contributed by atoms with van der Waals surface area (Å²) in [6, 6.07) is 6.38. The minimum absolute atomic E-state index is 0.00893. The van der Waals surface area contributed by atoms with Crippen molar-refractivity contribution < 1.29 is 22.6 Å². The summed E-state index contributed by atoms with van der Waals surface area (Å²) in [5.41, 5.74) is 4.63. The van der Waals surface area contributed by atoms with Gasteiger partial charge in [-0.2, -0.15) is 13.2 Å². The van der Waals surface area contributed by atoms with Gasteiger partial charge in [0.05, 0.1) is 36.2 Å². The van der Waals surface area contributed by atoms with Gasteiger partial charge in [-0.1, -0.05) is 11.6 Å². The molecular formula is C16H15ClF3N3O2S. The molecule has 10 heteroatoms. The molecule has 0 unspecified atom stereocenters. The van der Waals surface area contributed by atoms with Crippen LogP contribution >= 0.6 is 23.8 Å². The minimum Gasteiger partial charge on any atom is -0.495 e. The number of nitrogens with two attached hydrogens (primary N) is 1. The Bertz CT molecular complexity index is 831. The molecule has 5 nitrogen and oxygen atoms in total. The number of rotatable bonds is 4. The summed E-state index contributed by atoms with van der Waals surface area (Å²) in [7, 11) is 2.87. The first-order valence-corrected chi connectivity index (χ1v) is 7.90. The molecule has 0 aromatic heterocycles. The lowest BCUT2D eigenvalue weighted by molar-refractivity contribution is -0.136. The van der Waals surface area contributed by atoms with Crippen molar-refractivity contribution in [3.05, 3.63) is 40.9 Å². The molecule has 0 atom stereocenters. The highest BCUT2D eigenvalue weighted by molar-refractivity contribution is 7.80. The fourth-order valence-corrected chi connectivity index (χ4v) is 2.60. The number of benzene rings is 2. The third-order valence-corrected chi connectivity index (χ3v) is 3.82. The molecule has 0 aliphatic rings. The maximum atomic E-state index is 13.2. The third-order valence-electron chi connectivity index (χ3n) is 3.32. The van der Waals surface area contributed by atoms with Gasteiger partial charge in [0.1, 0.15) is 11.5 Å². The van der Waals surface area contributed by atoms with E-state index in [0.29, 0.717) is 17.2 Å². The van der Waals surface area contributed by atoms with Gasteiger partial charge in [0.25, 0.3) is 0 Å². The fourth-order valence-electron chi connectivity index (χ4n) is 2.14. The van der Waals surface area contributed by atoms with E-state index in [1.165, 1.54) is 38.5 Å². The first-order valence-electron chi connectivity index (χ1n) is 7.12. The van der Waals surface area contributed by atoms with Crippen LogP contribution in [-0.2, 0) is 6.18 Å². The predicted octanol–water partition coefficient (Wildman–Crippen LogP) is 4.77. The maximum absolute atomic E-state index is 13.2. The topological polar surface area (TPSA) is 68.5 Å². The summed E-state index contributed by atoms with van der Waals surface area (Å²) in [6.45, 7) is 0. The van der Waals surface area contributed by atoms with E-state index < -0.39 is 11.7 Å². The van der Waals surface area contributed by atoms with Crippen LogP contribution in [0.25, 0.3) is 0 Å². The van der Waals surface area contributed by atoms with Crippen LogP contribution in [0.3, 0.4) is 0 Å². The highest BCUT2D eigenvalue weighted by Crippen LogP contribution is 2.37. The summed E-state index contributed by atoms with van der Waals surface area (Å²) >= 11 is 11.2. The highest BCUT2D eigenvalue weighted by atomic mass is 35.5. The molecule has 2 rings (SSSR count). The molecule has 0 aliphatic heterocycles. The summed E-state index contributed by atoms with van der Waals surface area (Å²) in [4.78, 5) is 0. The van der Waals surface area contributed by atoms with Crippen LogP contribution in [0.1, 0.15) is 5.56 Å². The summed E-state index contributed by atoms with van der Waals surface area (Å²) in [5.74, 6) is 0.731. The Morgan fingerprint density at radius 1 is 1.04 bits per heavy atom. The van der Waals surface area contributed by atoms with E-state index in [9.17, 15) is 13.2 Å². The van der Waals surface area contributed by atoms with Gasteiger partial charge in [-0.25, -0.2) is 0 Å². The highest BCUT2D eigenvalue weighted by Gasteiger charge is 2.34. The summed E-state index contributed by atoms with van der Waals surface area (Å²) < 4.78 is 49.7. The van der Waals surface area contributed by atoms with Gasteiger partial charge in [-0.3, -0.25) is 0 Å². The van der Waals surface area contributed by atoms with Crippen LogP contribution in [0.4, 0.5) is 30.2 Å². The monoisotopic (exact) mass is 405 g/mol. The summed E-state index contributed by atoms with van der Waals surface area (Å²) in [5, 5.41) is 5.46. The van der Waals surface area contributed by atoms with Crippen molar-refractivity contribution in [1.29, 1.82) is 0 Å². The molecule has 140 valence electrons. The van der Waals surface area contributed by atoms with Gasteiger partial charge in [0.2, 0.25) is 0 Å². The predicted molar refractivity (Wildman–Crippen MR) is 100 cm³/mol. The lowest BCUT2D eigenvalue weighted by Crippen LogP contribution is -2.22. The van der Waals surface area contributed by atoms with E-state index in [2.05, 4.69) is 10.6 Å². The number of ether oxygens (including phenoxy) is 2. The van der Waals surface area contributed by atoms with E-state index in [-0.39, 0.29) is 21.5 Å². The number of thiocarbonyl (C=S) groups is 1. The first-order chi connectivity index (χ1) is 12.2. The van der Waals surface area contributed by atoms with Crippen molar-refractivity contribution >= 4 is 46.0 Å². The molecule has 0 radical (unpaired) electrons. The SMILES string of the molecule is COc1cc(OC)c(NC(=S)Nc2ccc(N)cc2C(F)(F)F)cc1Cl. The third kappa shape index (κ3) is 4.61. The Morgan fingerprint density at radius 2 is 1.65 bits per heavy atom. The minimum atomic E-state index is -4.59. The lowest BCUT2D eigenvalue weighted by Gasteiger charge is -2.18. The average molecular weight is 406 g/mol. The van der Waals surface area contributed by atoms with Crippen LogP contribution < -0.4 is 25.8 Å². The van der Waals surface area contributed by atoms with Crippen molar-refractivity contribution in [1.82, 2.24) is 0 Å². The second-order valence-electron chi connectivity index (χ2n) is 5.07. The first kappa shape index (κ1) is 19.9. The van der Waals surface area contributed by atoms with Crippen LogP contribution in [0, 0.1) is 0 Å². The number of nitrogen functional groups attached to an aromatic ring is 1. The molecule has 0 heterocycles. The van der Waals surface area contributed by atoms with Crippen molar-refractivity contribution in [3.63, 3.8) is 0 Å². The van der Waals surface area contributed by atoms with Crippen molar-refractivity contribution in [2.45, 2.75) is 6.18 Å². The zero-order valence-electron chi connectivity index (χ0n) is 13.7. The van der Waals surface area contributed by atoms with Gasteiger partial charge in [0, 0.05) is 11.8 Å². The van der Waals surface area contributed by atoms with Gasteiger partial charge in [-0.05, 0) is 36.5 Å². The Balaban J connectivity index is 2.27. The Hall–Kier alpha value is -2.39. The van der Waals surface area contributed by atoms with Crippen molar-refractivity contribution in [2.75, 3.05) is 30.6 Å². The molecule has 0 bridgehead atoms. The maximum Gasteiger partial charge on any atom is 0.418 e. The molecule has 0 saturated heterocycles. The normalized spacial score (nSPS) is 11.0. The number of nitrogens with one attached hydrogen (secondary N) is 2. The molecule has 0 aliphatic carbocycles. The second kappa shape index (κ2) is 7.88. The number of halogens is 4. The number of methoxy groups -OCH3 is 2. The van der Waals surface area contributed by atoms with Crippen LogP contribution in [0.5, 0.6) is 11.5 Å². The van der Waals surface area contributed by atoms with Crippen LogP contribution in [-0.4, -0.2) is 19.3 Å². The van der Waals surface area contributed by atoms with E-state index in [4.69, 9.17) is 39.0 Å². The molecular weight excluding hydrogens is 391 g/mol. The van der Waals surface area contributed by atoms with Gasteiger partial charge in [0.15, 0.2) is 5.11 Å². The second-order valence-corrected chi connectivity index (χ2v) is 5.88. The van der Waals surface area contributed by atoms with E-state index >= 15 is 0 Å². The Morgan fingerprint density at radius 3 is 2.23 bits per heavy atom. The van der Waals surface area contributed by atoms with Gasteiger partial charge < -0.3 is 25.8 Å². The molecule has 2 aromatic rings. The van der Waals surface area contributed by atoms with Gasteiger partial charge >= 0.3 is 6.18 Å². The fraction of sp³-hybridized carbons (Fsp3) is 0.188. The van der Waals surface area contributed by atoms with E-state index in [0.717, 1.165) is 6.07 Å². The molecule has 26 heavy (non-hydrogen) atoms. The smallest absolute Gasteiger partial charge is 0.418 e. The van der Waals surface area contributed by atoms with Crippen molar-refractivity contribution in [2.24, 2.45) is 0 Å². The summed E-state index contributed by atoms with van der Waals surface area (Å²) in [6.07, 6.45) is -4.59. The zero-order chi connectivity index (χ0) is 19.5. The molecule has 0 saturated carbocycles. The number of hydrogen-bond acceptors (Lipinski definition) is 4. The Kier molecular flexibility index (Phi) is 6.04. The van der Waals surface area contributed by atoms with E-state index in [1.807, 2.05) is 0 Å². The Labute approximate surface area is 158 Å². The standard InChI is InChI=1S/C16H15ClF3N3O2S/c1-24-13-7-14(25-2)12(6-10(13)17)23-15(26)22-11-4-3-8(21)5-9(11)16(18,19)20/h3-7H,21H2,1-2H3,(H2,22,23,26). The lowest BCUT2D eigenvalue weighted by atomic mass is 10.1. The molecule has 4 N–H and O–H groups in total.